The Morgan fingerprint density at radius 2 is 1.41 bits per heavy atom. The Bertz CT molecular complexity index is 1110. The Balaban J connectivity index is 1.35. The first-order chi connectivity index (χ1) is 16.8. The van der Waals surface area contributed by atoms with Gasteiger partial charge in [-0.2, -0.15) is 0 Å². The fourth-order valence-electron chi connectivity index (χ4n) is 4.69. The van der Waals surface area contributed by atoms with E-state index in [-0.39, 0.29) is 12.1 Å². The maximum absolute atomic E-state index is 13.1. The maximum Gasteiger partial charge on any atom is 0.420 e. The number of piperazine rings is 1. The molecule has 1 amide bonds. The molecule has 0 radical (unpaired) electrons. The predicted octanol–water partition coefficient (Wildman–Crippen LogP) is 4.29. The van der Waals surface area contributed by atoms with Crippen LogP contribution in [-0.2, 0) is 13.1 Å². The van der Waals surface area contributed by atoms with Gasteiger partial charge < -0.3 is 4.74 Å². The second kappa shape index (κ2) is 10.6. The fourth-order valence-corrected chi connectivity index (χ4v) is 4.69. The number of ether oxygens (including phenoxy) is 1. The van der Waals surface area contributed by atoms with E-state index in [1.54, 1.807) is 17.0 Å². The van der Waals surface area contributed by atoms with Crippen LogP contribution in [0.25, 0.3) is 0 Å². The number of aliphatic imine (C=N–C) groups is 1. The van der Waals surface area contributed by atoms with E-state index >= 15 is 0 Å². The minimum absolute atomic E-state index is 0.0171. The molecule has 1 unspecified atom stereocenters. The highest BCUT2D eigenvalue weighted by atomic mass is 16.6. The summed E-state index contributed by atoms with van der Waals surface area (Å²) < 4.78 is 5.67. The number of benzene rings is 3. The number of nitrogens with zero attached hydrogens (tertiary/aromatic N) is 4. The summed E-state index contributed by atoms with van der Waals surface area (Å²) in [7, 11) is 0. The molecule has 6 nitrogen and oxygen atoms in total. The first kappa shape index (κ1) is 22.3. The van der Waals surface area contributed by atoms with E-state index in [0.717, 1.165) is 38.6 Å². The Morgan fingerprint density at radius 3 is 2.09 bits per heavy atom. The van der Waals surface area contributed by atoms with Crippen molar-refractivity contribution in [1.82, 2.24) is 14.7 Å². The number of carbonyl (C=O) groups excluding carboxylic acids is 1. The van der Waals surface area contributed by atoms with Crippen molar-refractivity contribution < 1.29 is 9.53 Å². The van der Waals surface area contributed by atoms with Crippen LogP contribution in [0.15, 0.2) is 96.0 Å². The molecule has 1 saturated heterocycles. The minimum Gasteiger partial charge on any atom is -0.410 e. The number of rotatable bonds is 6. The lowest BCUT2D eigenvalue weighted by Crippen LogP contribution is -2.59. The van der Waals surface area contributed by atoms with Crippen molar-refractivity contribution in [1.29, 1.82) is 0 Å². The van der Waals surface area contributed by atoms with Crippen LogP contribution in [0.5, 0.6) is 5.75 Å². The van der Waals surface area contributed by atoms with E-state index in [1.807, 2.05) is 30.3 Å². The van der Waals surface area contributed by atoms with Gasteiger partial charge in [-0.3, -0.25) is 19.7 Å². The van der Waals surface area contributed by atoms with E-state index < -0.39 is 0 Å². The van der Waals surface area contributed by atoms with Gasteiger partial charge in [0, 0.05) is 32.7 Å². The van der Waals surface area contributed by atoms with Crippen LogP contribution in [0.3, 0.4) is 0 Å². The lowest BCUT2D eigenvalue weighted by atomic mass is 10.1. The maximum atomic E-state index is 13.1. The van der Waals surface area contributed by atoms with Crippen molar-refractivity contribution in [2.75, 3.05) is 32.7 Å². The zero-order valence-corrected chi connectivity index (χ0v) is 19.3. The Morgan fingerprint density at radius 1 is 0.794 bits per heavy atom. The van der Waals surface area contributed by atoms with Crippen LogP contribution in [0.1, 0.15) is 11.1 Å². The molecule has 0 spiro atoms. The summed E-state index contributed by atoms with van der Waals surface area (Å²) in [6, 6.07) is 30.3. The van der Waals surface area contributed by atoms with E-state index in [0.29, 0.717) is 18.8 Å². The topological polar surface area (TPSA) is 48.4 Å². The average molecular weight is 455 g/mol. The zero-order valence-electron chi connectivity index (χ0n) is 19.3. The Hall–Kier alpha value is -3.48. The van der Waals surface area contributed by atoms with Gasteiger partial charge in [0.1, 0.15) is 11.6 Å². The summed E-state index contributed by atoms with van der Waals surface area (Å²) in [5.41, 5.74) is 2.56. The molecule has 0 N–H and O–H groups in total. The largest absolute Gasteiger partial charge is 0.420 e. The summed E-state index contributed by atoms with van der Waals surface area (Å²) in [5, 5.41) is 0. The van der Waals surface area contributed by atoms with Crippen LogP contribution in [0.2, 0.25) is 0 Å². The molecule has 1 fully saturated rings. The molecule has 174 valence electrons. The van der Waals surface area contributed by atoms with Crippen LogP contribution in [-0.4, -0.2) is 65.4 Å². The number of hydrogen-bond donors (Lipinski definition) is 0. The zero-order chi connectivity index (χ0) is 23.2. The van der Waals surface area contributed by atoms with Gasteiger partial charge in [0.2, 0.25) is 0 Å². The number of amides is 1. The van der Waals surface area contributed by atoms with Crippen molar-refractivity contribution in [2.24, 2.45) is 4.99 Å². The summed E-state index contributed by atoms with van der Waals surface area (Å²) in [4.78, 5) is 24.5. The first-order valence-corrected chi connectivity index (χ1v) is 11.9. The van der Waals surface area contributed by atoms with Gasteiger partial charge in [-0.15, -0.1) is 0 Å². The van der Waals surface area contributed by atoms with Crippen molar-refractivity contribution in [3.63, 3.8) is 0 Å². The number of para-hydroxylation sites is 1. The van der Waals surface area contributed by atoms with Gasteiger partial charge in [-0.1, -0.05) is 78.9 Å². The molecule has 1 atom stereocenters. The van der Waals surface area contributed by atoms with Crippen molar-refractivity contribution in [3.8, 4) is 5.75 Å². The van der Waals surface area contributed by atoms with Gasteiger partial charge in [-0.25, -0.2) is 4.79 Å². The molecule has 5 rings (SSSR count). The molecule has 3 aromatic rings. The van der Waals surface area contributed by atoms with Crippen molar-refractivity contribution in [2.45, 2.75) is 19.1 Å². The lowest BCUT2D eigenvalue weighted by Gasteiger charge is -2.42. The summed E-state index contributed by atoms with van der Waals surface area (Å²) in [5.74, 6) is 1.36. The molecule has 0 aliphatic carbocycles. The van der Waals surface area contributed by atoms with Crippen molar-refractivity contribution in [3.05, 3.63) is 102 Å². The highest BCUT2D eigenvalue weighted by Crippen LogP contribution is 2.22. The van der Waals surface area contributed by atoms with Crippen LogP contribution >= 0.6 is 0 Å². The number of hydrogen-bond acceptors (Lipinski definition) is 5. The Labute approximate surface area is 201 Å². The smallest absolute Gasteiger partial charge is 0.410 e. The molecule has 2 aliphatic heterocycles. The third-order valence-corrected chi connectivity index (χ3v) is 6.39. The molecule has 0 bridgehead atoms. The molecule has 6 heteroatoms. The summed E-state index contributed by atoms with van der Waals surface area (Å²) in [6.45, 7) is 5.56. The average Bonchev–Trinajstić information content (AvgIpc) is 3.37. The quantitative estimate of drug-likeness (QED) is 0.558. The second-order valence-electron chi connectivity index (χ2n) is 8.77. The van der Waals surface area contributed by atoms with Gasteiger partial charge in [-0.05, 0) is 23.3 Å². The first-order valence-electron chi connectivity index (χ1n) is 11.9. The van der Waals surface area contributed by atoms with Crippen LogP contribution in [0.4, 0.5) is 4.79 Å². The number of carbonyl (C=O) groups is 1. The summed E-state index contributed by atoms with van der Waals surface area (Å²) >= 11 is 0. The molecule has 0 aromatic heterocycles. The number of amidine groups is 1. The molecule has 3 aromatic carbocycles. The van der Waals surface area contributed by atoms with Gasteiger partial charge >= 0.3 is 6.09 Å². The fraction of sp³-hybridized carbons (Fsp3) is 0.286. The molecule has 0 saturated carbocycles. The van der Waals surface area contributed by atoms with E-state index in [9.17, 15) is 4.79 Å². The van der Waals surface area contributed by atoms with E-state index in [1.165, 1.54) is 11.1 Å². The third kappa shape index (κ3) is 5.35. The lowest BCUT2D eigenvalue weighted by molar-refractivity contribution is 0.0898. The molecule has 2 heterocycles. The highest BCUT2D eigenvalue weighted by molar-refractivity contribution is 6.00. The standard InChI is InChI=1S/C28H30N4O2/c33-28(34-25-14-8-3-9-15-25)32-17-16-29-27(32)26-22-30(20-23-10-4-1-5-11-23)18-19-31(26)21-24-12-6-2-7-13-24/h1-15,26H,16-22H2. The Kier molecular flexibility index (Phi) is 6.98. The second-order valence-corrected chi connectivity index (χ2v) is 8.77. The minimum atomic E-state index is -0.359. The molecule has 34 heavy (non-hydrogen) atoms. The molecular formula is C28H30N4O2. The van der Waals surface area contributed by atoms with Gasteiger partial charge in [0.15, 0.2) is 0 Å². The summed E-state index contributed by atoms with van der Waals surface area (Å²) in [6.07, 6.45) is -0.359. The normalized spacial score (nSPS) is 19.1. The SMILES string of the molecule is O=C(Oc1ccccc1)N1CCN=C1C1CN(Cc2ccccc2)CCN1Cc1ccccc1. The monoisotopic (exact) mass is 454 g/mol. The van der Waals surface area contributed by atoms with Crippen LogP contribution < -0.4 is 4.74 Å². The van der Waals surface area contributed by atoms with Crippen LogP contribution in [0, 0.1) is 0 Å². The van der Waals surface area contributed by atoms with E-state index in [4.69, 9.17) is 9.73 Å². The third-order valence-electron chi connectivity index (χ3n) is 6.39. The van der Waals surface area contributed by atoms with Gasteiger partial charge in [0.05, 0.1) is 19.1 Å². The van der Waals surface area contributed by atoms with Gasteiger partial charge in [0.25, 0.3) is 0 Å². The molecular weight excluding hydrogens is 424 g/mol. The predicted molar refractivity (Wildman–Crippen MR) is 134 cm³/mol. The van der Waals surface area contributed by atoms with E-state index in [2.05, 4.69) is 58.3 Å². The molecule has 2 aliphatic rings. The van der Waals surface area contributed by atoms with Crippen molar-refractivity contribution >= 4 is 11.9 Å². The highest BCUT2D eigenvalue weighted by Gasteiger charge is 2.38.